The van der Waals surface area contributed by atoms with Gasteiger partial charge in [0, 0.05) is 6.42 Å². The summed E-state index contributed by atoms with van der Waals surface area (Å²) >= 11 is 5.54. The molecule has 1 saturated heterocycles. The molecule has 18 heavy (non-hydrogen) atoms. The van der Waals surface area contributed by atoms with Gasteiger partial charge in [0.25, 0.3) is 5.91 Å². The molecule has 0 bridgehead atoms. The summed E-state index contributed by atoms with van der Waals surface area (Å²) in [5.41, 5.74) is 0.0594. The van der Waals surface area contributed by atoms with Crippen LogP contribution >= 0.6 is 11.6 Å². The van der Waals surface area contributed by atoms with Crippen LogP contribution in [0, 0.1) is 0 Å². The van der Waals surface area contributed by atoms with Crippen molar-refractivity contribution < 1.29 is 14.4 Å². The molecule has 0 aromatic carbocycles. The normalized spacial score (nSPS) is 19.3. The van der Waals surface area contributed by atoms with Gasteiger partial charge >= 0.3 is 0 Å². The third-order valence-electron chi connectivity index (χ3n) is 2.41. The number of piperidine rings is 1. The monoisotopic (exact) mass is 268 g/mol. The molecule has 0 aliphatic carbocycles. The molecule has 7 nitrogen and oxygen atoms in total. The highest BCUT2D eigenvalue weighted by atomic mass is 35.5. The summed E-state index contributed by atoms with van der Waals surface area (Å²) in [6.07, 6.45) is 0.473. The van der Waals surface area contributed by atoms with Crippen LogP contribution < -0.4 is 10.6 Å². The lowest BCUT2D eigenvalue weighted by molar-refractivity contribution is -0.134. The van der Waals surface area contributed by atoms with Gasteiger partial charge in [-0.05, 0) is 18.6 Å². The fourth-order valence-corrected chi connectivity index (χ4v) is 1.60. The maximum atomic E-state index is 11.7. The lowest BCUT2D eigenvalue weighted by Crippen LogP contribution is -2.52. The van der Waals surface area contributed by atoms with Gasteiger partial charge in [-0.2, -0.15) is 0 Å². The lowest BCUT2D eigenvalue weighted by Gasteiger charge is -2.21. The van der Waals surface area contributed by atoms with E-state index in [1.807, 2.05) is 0 Å². The summed E-state index contributed by atoms with van der Waals surface area (Å²) in [6, 6.07) is 2.09. The largest absolute Gasteiger partial charge is 0.339 e. The minimum absolute atomic E-state index is 0.0594. The molecule has 1 aliphatic heterocycles. The van der Waals surface area contributed by atoms with Crippen LogP contribution in [0.15, 0.2) is 12.1 Å². The van der Waals surface area contributed by atoms with Gasteiger partial charge in [-0.25, -0.2) is 0 Å². The van der Waals surface area contributed by atoms with Gasteiger partial charge in [0.05, 0.1) is 0 Å². The average molecular weight is 269 g/mol. The number of imide groups is 1. The Hall–Kier alpha value is -2.02. The second kappa shape index (κ2) is 5.09. The Balaban J connectivity index is 2.01. The smallest absolute Gasteiger partial charge is 0.272 e. The Morgan fingerprint density at radius 2 is 2.17 bits per heavy atom. The van der Waals surface area contributed by atoms with Crippen molar-refractivity contribution in [3.8, 4) is 0 Å². The molecule has 8 heteroatoms. The first kappa shape index (κ1) is 12.4. The van der Waals surface area contributed by atoms with E-state index in [4.69, 9.17) is 11.6 Å². The predicted octanol–water partition coefficient (Wildman–Crippen LogP) is -0.335. The zero-order valence-corrected chi connectivity index (χ0v) is 9.90. The molecule has 1 aromatic rings. The molecule has 94 valence electrons. The van der Waals surface area contributed by atoms with Gasteiger partial charge in [-0.15, -0.1) is 10.2 Å². The average Bonchev–Trinajstić information content (AvgIpc) is 2.33. The number of halogens is 1. The topological polar surface area (TPSA) is 101 Å². The number of rotatable bonds is 2. The van der Waals surface area contributed by atoms with Crippen molar-refractivity contribution in [2.75, 3.05) is 0 Å². The first-order valence-corrected chi connectivity index (χ1v) is 5.58. The Bertz CT molecular complexity index is 502. The Morgan fingerprint density at radius 3 is 2.78 bits per heavy atom. The molecule has 1 atom stereocenters. The zero-order valence-electron chi connectivity index (χ0n) is 9.14. The summed E-state index contributed by atoms with van der Waals surface area (Å²) in [7, 11) is 0. The zero-order chi connectivity index (χ0) is 13.1. The number of aromatic nitrogens is 2. The number of hydrogen-bond acceptors (Lipinski definition) is 5. The van der Waals surface area contributed by atoms with Crippen LogP contribution in [0.5, 0.6) is 0 Å². The highest BCUT2D eigenvalue weighted by molar-refractivity contribution is 6.29. The number of nitrogens with one attached hydrogen (secondary N) is 2. The minimum Gasteiger partial charge on any atom is -0.339 e. The number of nitrogens with zero attached hydrogens (tertiary/aromatic N) is 2. The van der Waals surface area contributed by atoms with Gasteiger partial charge in [0.15, 0.2) is 10.8 Å². The van der Waals surface area contributed by atoms with E-state index in [2.05, 4.69) is 20.8 Å². The lowest BCUT2D eigenvalue weighted by atomic mass is 10.1. The van der Waals surface area contributed by atoms with Gasteiger partial charge in [-0.3, -0.25) is 19.7 Å². The molecule has 1 aliphatic rings. The fraction of sp³-hybridized carbons (Fsp3) is 0.300. The van der Waals surface area contributed by atoms with Crippen molar-refractivity contribution in [1.29, 1.82) is 0 Å². The van der Waals surface area contributed by atoms with Crippen LogP contribution in [0.2, 0.25) is 5.15 Å². The van der Waals surface area contributed by atoms with Crippen LogP contribution in [-0.2, 0) is 9.59 Å². The molecule has 1 aromatic heterocycles. The number of hydrogen-bond donors (Lipinski definition) is 2. The van der Waals surface area contributed by atoms with Gasteiger partial charge in [-0.1, -0.05) is 11.6 Å². The summed E-state index contributed by atoms with van der Waals surface area (Å²) < 4.78 is 0. The van der Waals surface area contributed by atoms with E-state index < -0.39 is 17.9 Å². The maximum absolute atomic E-state index is 11.7. The Kier molecular flexibility index (Phi) is 3.52. The molecular formula is C10H9ClN4O3. The van der Waals surface area contributed by atoms with E-state index in [-0.39, 0.29) is 29.6 Å². The van der Waals surface area contributed by atoms with E-state index in [1.54, 1.807) is 0 Å². The van der Waals surface area contributed by atoms with Crippen molar-refractivity contribution in [3.05, 3.63) is 23.0 Å². The Labute approximate surface area is 107 Å². The molecule has 1 fully saturated rings. The molecule has 0 radical (unpaired) electrons. The predicted molar refractivity (Wildman–Crippen MR) is 60.7 cm³/mol. The van der Waals surface area contributed by atoms with Crippen molar-refractivity contribution in [3.63, 3.8) is 0 Å². The number of carbonyl (C=O) groups excluding carboxylic acids is 3. The van der Waals surface area contributed by atoms with Crippen LogP contribution in [-0.4, -0.2) is 34.0 Å². The van der Waals surface area contributed by atoms with Gasteiger partial charge in [0.2, 0.25) is 11.8 Å². The molecular weight excluding hydrogens is 260 g/mol. The third-order valence-corrected chi connectivity index (χ3v) is 2.61. The van der Waals surface area contributed by atoms with E-state index in [1.165, 1.54) is 12.1 Å². The van der Waals surface area contributed by atoms with Crippen LogP contribution in [0.25, 0.3) is 0 Å². The van der Waals surface area contributed by atoms with E-state index in [0.29, 0.717) is 0 Å². The highest BCUT2D eigenvalue weighted by Gasteiger charge is 2.28. The standard InChI is InChI=1S/C10H9ClN4O3/c11-7-3-1-6(14-15-7)10(18)12-5-2-4-8(16)13-9(5)17/h1,3,5H,2,4H2,(H,12,18)(H,13,16,17). The second-order valence-electron chi connectivity index (χ2n) is 3.72. The molecule has 0 saturated carbocycles. The van der Waals surface area contributed by atoms with Crippen LogP contribution in [0.3, 0.4) is 0 Å². The quantitative estimate of drug-likeness (QED) is 0.715. The minimum atomic E-state index is -0.729. The van der Waals surface area contributed by atoms with Crippen molar-refractivity contribution in [1.82, 2.24) is 20.8 Å². The highest BCUT2D eigenvalue weighted by Crippen LogP contribution is 2.06. The third kappa shape index (κ3) is 2.80. The SMILES string of the molecule is O=C1CCC(NC(=O)c2ccc(Cl)nn2)C(=O)N1. The molecule has 2 heterocycles. The molecule has 1 unspecified atom stereocenters. The van der Waals surface area contributed by atoms with E-state index in [0.717, 1.165) is 0 Å². The molecule has 2 rings (SSSR count). The van der Waals surface area contributed by atoms with Crippen molar-refractivity contribution in [2.45, 2.75) is 18.9 Å². The fourth-order valence-electron chi connectivity index (χ4n) is 1.50. The Morgan fingerprint density at radius 1 is 1.39 bits per heavy atom. The van der Waals surface area contributed by atoms with Crippen molar-refractivity contribution >= 4 is 29.3 Å². The van der Waals surface area contributed by atoms with Crippen molar-refractivity contribution in [2.24, 2.45) is 0 Å². The molecule has 0 spiro atoms. The summed E-state index contributed by atoms with van der Waals surface area (Å²) in [5, 5.41) is 11.9. The second-order valence-corrected chi connectivity index (χ2v) is 4.11. The maximum Gasteiger partial charge on any atom is 0.272 e. The molecule has 3 amide bonds. The number of carbonyl (C=O) groups is 3. The number of amides is 3. The van der Waals surface area contributed by atoms with E-state index in [9.17, 15) is 14.4 Å². The summed E-state index contributed by atoms with van der Waals surface area (Å²) in [4.78, 5) is 34.1. The first-order valence-electron chi connectivity index (χ1n) is 5.20. The van der Waals surface area contributed by atoms with Gasteiger partial charge in [0.1, 0.15) is 6.04 Å². The summed E-state index contributed by atoms with van der Waals surface area (Å²) in [5.74, 6) is -1.38. The van der Waals surface area contributed by atoms with Gasteiger partial charge < -0.3 is 5.32 Å². The van der Waals surface area contributed by atoms with Crippen LogP contribution in [0.4, 0.5) is 0 Å². The molecule has 2 N–H and O–H groups in total. The summed E-state index contributed by atoms with van der Waals surface area (Å²) in [6.45, 7) is 0. The van der Waals surface area contributed by atoms with Crippen LogP contribution in [0.1, 0.15) is 23.3 Å². The van der Waals surface area contributed by atoms with E-state index >= 15 is 0 Å². The first-order chi connectivity index (χ1) is 8.56.